The molecule has 0 radical (unpaired) electrons. The van der Waals surface area contributed by atoms with Gasteiger partial charge in [-0.05, 0) is 31.4 Å². The highest BCUT2D eigenvalue weighted by Crippen LogP contribution is 2.07. The number of carbonyl (C=O) groups is 1. The Balaban J connectivity index is 1.98. The lowest BCUT2D eigenvalue weighted by molar-refractivity contribution is 0.0760. The maximum absolute atomic E-state index is 12.4. The van der Waals surface area contributed by atoms with E-state index in [1.54, 1.807) is 0 Å². The Morgan fingerprint density at radius 1 is 1.25 bits per heavy atom. The second-order valence-corrected chi connectivity index (χ2v) is 4.75. The van der Waals surface area contributed by atoms with E-state index in [-0.39, 0.29) is 5.91 Å². The molecule has 0 aliphatic heterocycles. The molecule has 1 N–H and O–H groups in total. The molecule has 0 saturated heterocycles. The van der Waals surface area contributed by atoms with Crippen LogP contribution >= 0.6 is 0 Å². The van der Waals surface area contributed by atoms with Gasteiger partial charge in [0, 0.05) is 18.8 Å². The first kappa shape index (κ1) is 14.3. The van der Waals surface area contributed by atoms with E-state index in [4.69, 9.17) is 0 Å². The summed E-state index contributed by atoms with van der Waals surface area (Å²) in [5.74, 6) is -0.000573. The number of aryl methyl sites for hydroxylation is 1. The monoisotopic (exact) mass is 271 g/mol. The van der Waals surface area contributed by atoms with E-state index in [0.717, 1.165) is 18.5 Å². The summed E-state index contributed by atoms with van der Waals surface area (Å²) in [6, 6.07) is 12.1. The van der Waals surface area contributed by atoms with E-state index in [2.05, 4.69) is 22.3 Å². The van der Waals surface area contributed by atoms with E-state index in [1.807, 2.05) is 43.0 Å². The second kappa shape index (κ2) is 6.89. The summed E-state index contributed by atoms with van der Waals surface area (Å²) in [4.78, 5) is 14.2. The number of benzene rings is 1. The number of rotatable bonds is 6. The van der Waals surface area contributed by atoms with Crippen LogP contribution in [0.15, 0.2) is 36.4 Å². The number of hydrogen-bond donors (Lipinski definition) is 1. The summed E-state index contributed by atoms with van der Waals surface area (Å²) >= 11 is 0. The Labute approximate surface area is 119 Å². The average molecular weight is 271 g/mol. The molecule has 0 aliphatic carbocycles. The molecular formula is C16H21N3O. The summed E-state index contributed by atoms with van der Waals surface area (Å²) in [5.41, 5.74) is 2.75. The number of likely N-dealkylation sites (N-methyl/N-ethyl adjacent to an activating group) is 1. The standard InChI is InChI=1S/C16H21N3O/c1-3-14-12-15(18-17-14)16(20)19(4-2)11-10-13-8-6-5-7-9-13/h5-9,12H,3-4,10-11H2,1-2H3,(H,17,18). The molecule has 20 heavy (non-hydrogen) atoms. The molecule has 0 bridgehead atoms. The van der Waals surface area contributed by atoms with Gasteiger partial charge < -0.3 is 4.90 Å². The Hall–Kier alpha value is -2.10. The van der Waals surface area contributed by atoms with Crippen molar-refractivity contribution in [3.05, 3.63) is 53.3 Å². The minimum atomic E-state index is -0.000573. The fourth-order valence-electron chi connectivity index (χ4n) is 2.13. The van der Waals surface area contributed by atoms with Crippen molar-refractivity contribution in [3.63, 3.8) is 0 Å². The molecule has 2 aromatic rings. The zero-order chi connectivity index (χ0) is 14.4. The highest BCUT2D eigenvalue weighted by Gasteiger charge is 2.16. The third-order valence-corrected chi connectivity index (χ3v) is 3.41. The number of nitrogens with zero attached hydrogens (tertiary/aromatic N) is 2. The highest BCUT2D eigenvalue weighted by atomic mass is 16.2. The lowest BCUT2D eigenvalue weighted by Crippen LogP contribution is -2.33. The number of carbonyl (C=O) groups excluding carboxylic acids is 1. The number of H-pyrrole nitrogens is 1. The van der Waals surface area contributed by atoms with Crippen molar-refractivity contribution in [2.75, 3.05) is 13.1 Å². The van der Waals surface area contributed by atoms with Crippen LogP contribution in [0.1, 0.15) is 35.6 Å². The van der Waals surface area contributed by atoms with Crippen molar-refractivity contribution in [2.45, 2.75) is 26.7 Å². The smallest absolute Gasteiger partial charge is 0.274 e. The van der Waals surface area contributed by atoms with Gasteiger partial charge in [0.05, 0.1) is 0 Å². The summed E-state index contributed by atoms with van der Waals surface area (Å²) in [7, 11) is 0. The SMILES string of the molecule is CCc1cc(C(=O)N(CC)CCc2ccccc2)n[nH]1. The Morgan fingerprint density at radius 2 is 2.00 bits per heavy atom. The van der Waals surface area contributed by atoms with Gasteiger partial charge in [0.25, 0.3) is 5.91 Å². The van der Waals surface area contributed by atoms with Crippen LogP contribution in [0, 0.1) is 0 Å². The van der Waals surface area contributed by atoms with Crippen LogP contribution in [0.2, 0.25) is 0 Å². The maximum Gasteiger partial charge on any atom is 0.274 e. The van der Waals surface area contributed by atoms with Crippen LogP contribution in [-0.4, -0.2) is 34.1 Å². The predicted molar refractivity (Wildman–Crippen MR) is 79.7 cm³/mol. The van der Waals surface area contributed by atoms with Gasteiger partial charge in [-0.25, -0.2) is 0 Å². The normalized spacial score (nSPS) is 10.5. The van der Waals surface area contributed by atoms with Crippen molar-refractivity contribution < 1.29 is 4.79 Å². The molecule has 1 aromatic heterocycles. The van der Waals surface area contributed by atoms with Crippen molar-refractivity contribution in [1.82, 2.24) is 15.1 Å². The quantitative estimate of drug-likeness (QED) is 0.878. The summed E-state index contributed by atoms with van der Waals surface area (Å²) in [6.45, 7) is 5.44. The molecule has 0 fully saturated rings. The van der Waals surface area contributed by atoms with Crippen LogP contribution in [0.4, 0.5) is 0 Å². The summed E-state index contributed by atoms with van der Waals surface area (Å²) in [5, 5.41) is 6.99. The van der Waals surface area contributed by atoms with E-state index >= 15 is 0 Å². The highest BCUT2D eigenvalue weighted by molar-refractivity contribution is 5.92. The number of nitrogens with one attached hydrogen (secondary N) is 1. The van der Waals surface area contributed by atoms with Crippen molar-refractivity contribution in [3.8, 4) is 0 Å². The summed E-state index contributed by atoms with van der Waals surface area (Å²) in [6.07, 6.45) is 1.72. The van der Waals surface area contributed by atoms with Gasteiger partial charge in [0.15, 0.2) is 0 Å². The number of amides is 1. The Morgan fingerprint density at radius 3 is 2.60 bits per heavy atom. The van der Waals surface area contributed by atoms with Crippen LogP contribution in [-0.2, 0) is 12.8 Å². The zero-order valence-electron chi connectivity index (χ0n) is 12.1. The number of hydrogen-bond acceptors (Lipinski definition) is 2. The van der Waals surface area contributed by atoms with Crippen LogP contribution in [0.5, 0.6) is 0 Å². The van der Waals surface area contributed by atoms with Gasteiger partial charge in [-0.2, -0.15) is 5.10 Å². The van der Waals surface area contributed by atoms with E-state index in [9.17, 15) is 4.79 Å². The average Bonchev–Trinajstić information content (AvgIpc) is 2.97. The molecule has 4 heteroatoms. The van der Waals surface area contributed by atoms with E-state index in [1.165, 1.54) is 5.56 Å². The van der Waals surface area contributed by atoms with Crippen LogP contribution < -0.4 is 0 Å². The Kier molecular flexibility index (Phi) is 4.93. The third kappa shape index (κ3) is 3.47. The second-order valence-electron chi connectivity index (χ2n) is 4.75. The molecule has 0 atom stereocenters. The van der Waals surface area contributed by atoms with Crippen molar-refractivity contribution >= 4 is 5.91 Å². The lowest BCUT2D eigenvalue weighted by atomic mass is 10.1. The van der Waals surface area contributed by atoms with Crippen molar-refractivity contribution in [1.29, 1.82) is 0 Å². The topological polar surface area (TPSA) is 49.0 Å². The fraction of sp³-hybridized carbons (Fsp3) is 0.375. The molecule has 106 valence electrons. The van der Waals surface area contributed by atoms with Crippen molar-refractivity contribution in [2.24, 2.45) is 0 Å². The largest absolute Gasteiger partial charge is 0.337 e. The number of aromatic nitrogens is 2. The number of aromatic amines is 1. The van der Waals surface area contributed by atoms with Crippen LogP contribution in [0.3, 0.4) is 0 Å². The first-order valence-electron chi connectivity index (χ1n) is 7.12. The molecule has 1 heterocycles. The van der Waals surface area contributed by atoms with Gasteiger partial charge in [-0.1, -0.05) is 37.3 Å². The molecule has 0 unspecified atom stereocenters. The van der Waals surface area contributed by atoms with Gasteiger partial charge >= 0.3 is 0 Å². The molecule has 0 spiro atoms. The Bertz CT molecular complexity index is 548. The molecule has 0 saturated carbocycles. The van der Waals surface area contributed by atoms with Gasteiger partial charge in [0.2, 0.25) is 0 Å². The minimum absolute atomic E-state index is 0.000573. The predicted octanol–water partition coefficient (Wildman–Crippen LogP) is 2.68. The molecular weight excluding hydrogens is 250 g/mol. The maximum atomic E-state index is 12.4. The third-order valence-electron chi connectivity index (χ3n) is 3.41. The summed E-state index contributed by atoms with van der Waals surface area (Å²) < 4.78 is 0. The van der Waals surface area contributed by atoms with E-state index in [0.29, 0.717) is 18.8 Å². The van der Waals surface area contributed by atoms with Gasteiger partial charge in [0.1, 0.15) is 5.69 Å². The first-order valence-corrected chi connectivity index (χ1v) is 7.12. The molecule has 1 aromatic carbocycles. The van der Waals surface area contributed by atoms with Gasteiger partial charge in [-0.3, -0.25) is 9.89 Å². The minimum Gasteiger partial charge on any atom is -0.337 e. The molecule has 4 nitrogen and oxygen atoms in total. The molecule has 0 aliphatic rings. The first-order chi connectivity index (χ1) is 9.74. The lowest BCUT2D eigenvalue weighted by Gasteiger charge is -2.19. The van der Waals surface area contributed by atoms with Gasteiger partial charge in [-0.15, -0.1) is 0 Å². The fourth-order valence-corrected chi connectivity index (χ4v) is 2.13. The molecule has 2 rings (SSSR count). The van der Waals surface area contributed by atoms with E-state index < -0.39 is 0 Å². The van der Waals surface area contributed by atoms with Crippen LogP contribution in [0.25, 0.3) is 0 Å². The zero-order valence-corrected chi connectivity index (χ0v) is 12.1. The molecule has 1 amide bonds.